The van der Waals surface area contributed by atoms with Crippen LogP contribution in [-0.2, 0) is 16.0 Å². The molecule has 1 fully saturated rings. The second-order valence-corrected chi connectivity index (χ2v) is 7.64. The third-order valence-electron chi connectivity index (χ3n) is 5.35. The lowest BCUT2D eigenvalue weighted by molar-refractivity contribution is -0.120. The molecule has 128 valence electrons. The number of nitrogens with zero attached hydrogens (tertiary/aromatic N) is 1. The molecule has 0 saturated heterocycles. The van der Waals surface area contributed by atoms with Crippen molar-refractivity contribution in [3.63, 3.8) is 0 Å². The van der Waals surface area contributed by atoms with Gasteiger partial charge in [0, 0.05) is 12.2 Å². The molecule has 3 rings (SSSR count). The van der Waals surface area contributed by atoms with E-state index in [0.717, 1.165) is 17.7 Å². The van der Waals surface area contributed by atoms with E-state index in [9.17, 15) is 9.59 Å². The average molecular weight is 327 g/mol. The van der Waals surface area contributed by atoms with E-state index in [1.807, 2.05) is 17.0 Å². The number of allylic oxidation sites excluding steroid dienone is 2. The standard InChI is InChI=1S/C20H25NO3/c1-12(2)10-15-17(20(15,3)4)18(22)21-9-8-13-11-14(19(23)24-5)6-7-16(13)21/h6-7,10-11,15,17H,8-9H2,1-5H3. The minimum atomic E-state index is -0.338. The Morgan fingerprint density at radius 1 is 1.29 bits per heavy atom. The maximum atomic E-state index is 13.1. The second-order valence-electron chi connectivity index (χ2n) is 7.64. The van der Waals surface area contributed by atoms with E-state index >= 15 is 0 Å². The van der Waals surface area contributed by atoms with Gasteiger partial charge < -0.3 is 9.64 Å². The van der Waals surface area contributed by atoms with Crippen molar-refractivity contribution in [3.05, 3.63) is 41.0 Å². The summed E-state index contributed by atoms with van der Waals surface area (Å²) in [6.45, 7) is 9.17. The van der Waals surface area contributed by atoms with Crippen molar-refractivity contribution < 1.29 is 14.3 Å². The number of hydrogen-bond donors (Lipinski definition) is 0. The predicted octanol–water partition coefficient (Wildman–Crippen LogP) is 3.60. The van der Waals surface area contributed by atoms with Crippen molar-refractivity contribution in [2.75, 3.05) is 18.6 Å². The summed E-state index contributed by atoms with van der Waals surface area (Å²) >= 11 is 0. The van der Waals surface area contributed by atoms with Crippen molar-refractivity contribution in [3.8, 4) is 0 Å². The fourth-order valence-corrected chi connectivity index (χ4v) is 3.86. The molecule has 1 aliphatic carbocycles. The van der Waals surface area contributed by atoms with Gasteiger partial charge in [0.1, 0.15) is 0 Å². The molecule has 1 heterocycles. The topological polar surface area (TPSA) is 46.6 Å². The van der Waals surface area contributed by atoms with Crippen molar-refractivity contribution in [1.82, 2.24) is 0 Å². The molecule has 0 spiro atoms. The van der Waals surface area contributed by atoms with Gasteiger partial charge in [-0.25, -0.2) is 4.79 Å². The van der Waals surface area contributed by atoms with Crippen molar-refractivity contribution in [1.29, 1.82) is 0 Å². The Bertz CT molecular complexity index is 728. The van der Waals surface area contributed by atoms with Crippen LogP contribution in [0.2, 0.25) is 0 Å². The smallest absolute Gasteiger partial charge is 0.337 e. The number of methoxy groups -OCH3 is 1. The number of benzene rings is 1. The van der Waals surface area contributed by atoms with E-state index < -0.39 is 0 Å². The Hall–Kier alpha value is -2.10. The zero-order valence-corrected chi connectivity index (χ0v) is 15.1. The van der Waals surface area contributed by atoms with Crippen LogP contribution in [0.25, 0.3) is 0 Å². The van der Waals surface area contributed by atoms with Gasteiger partial charge in [-0.15, -0.1) is 0 Å². The molecule has 1 saturated carbocycles. The molecular formula is C20H25NO3. The first-order valence-corrected chi connectivity index (χ1v) is 8.45. The molecule has 2 atom stereocenters. The lowest BCUT2D eigenvalue weighted by Gasteiger charge is -2.18. The largest absolute Gasteiger partial charge is 0.465 e. The number of anilines is 1. The van der Waals surface area contributed by atoms with Gasteiger partial charge >= 0.3 is 5.97 Å². The summed E-state index contributed by atoms with van der Waals surface area (Å²) in [5.41, 5.74) is 3.80. The minimum absolute atomic E-state index is 0.0169. The highest BCUT2D eigenvalue weighted by atomic mass is 16.5. The first-order chi connectivity index (χ1) is 11.3. The van der Waals surface area contributed by atoms with E-state index in [0.29, 0.717) is 18.0 Å². The SMILES string of the molecule is COC(=O)c1ccc2c(c1)CCN2C(=O)C1C(C=C(C)C)C1(C)C. The van der Waals surface area contributed by atoms with E-state index in [1.165, 1.54) is 12.7 Å². The molecule has 4 nitrogen and oxygen atoms in total. The molecule has 2 unspecified atom stereocenters. The molecule has 1 aliphatic heterocycles. The highest BCUT2D eigenvalue weighted by molar-refractivity contribution is 6.00. The number of carbonyl (C=O) groups excluding carboxylic acids is 2. The molecule has 0 radical (unpaired) electrons. The normalized spacial score (nSPS) is 23.5. The predicted molar refractivity (Wildman–Crippen MR) is 94.0 cm³/mol. The van der Waals surface area contributed by atoms with Crippen molar-refractivity contribution in [2.24, 2.45) is 17.3 Å². The van der Waals surface area contributed by atoms with Gasteiger partial charge in [0.05, 0.1) is 18.6 Å². The molecule has 1 amide bonds. The third kappa shape index (κ3) is 2.64. The first kappa shape index (κ1) is 16.7. The van der Waals surface area contributed by atoms with Gasteiger partial charge in [-0.2, -0.15) is 0 Å². The van der Waals surface area contributed by atoms with Gasteiger partial charge in [0.25, 0.3) is 0 Å². The zero-order valence-electron chi connectivity index (χ0n) is 15.1. The summed E-state index contributed by atoms with van der Waals surface area (Å²) in [4.78, 5) is 26.6. The summed E-state index contributed by atoms with van der Waals surface area (Å²) < 4.78 is 4.77. The lowest BCUT2D eigenvalue weighted by atomic mass is 10.1. The number of esters is 1. The molecule has 1 aromatic rings. The summed E-state index contributed by atoms with van der Waals surface area (Å²) in [6, 6.07) is 5.46. The van der Waals surface area contributed by atoms with Crippen LogP contribution in [0.15, 0.2) is 29.8 Å². The Balaban J connectivity index is 1.83. The summed E-state index contributed by atoms with van der Waals surface area (Å²) in [6.07, 6.45) is 3.01. The van der Waals surface area contributed by atoms with Crippen LogP contribution in [0.3, 0.4) is 0 Å². The van der Waals surface area contributed by atoms with Gasteiger partial charge in [0.15, 0.2) is 0 Å². The first-order valence-electron chi connectivity index (χ1n) is 8.45. The Morgan fingerprint density at radius 2 is 2.00 bits per heavy atom. The molecule has 4 heteroatoms. The number of amides is 1. The Kier molecular flexibility index (Phi) is 4.02. The number of fused-ring (bicyclic) bond motifs is 1. The maximum absolute atomic E-state index is 13.1. The van der Waals surface area contributed by atoms with Crippen LogP contribution in [0.1, 0.15) is 43.6 Å². The van der Waals surface area contributed by atoms with Gasteiger partial charge in [-0.3, -0.25) is 4.79 Å². The summed E-state index contributed by atoms with van der Waals surface area (Å²) in [7, 11) is 1.38. The highest BCUT2D eigenvalue weighted by Gasteiger charge is 2.61. The van der Waals surface area contributed by atoms with Crippen molar-refractivity contribution >= 4 is 17.6 Å². The van der Waals surface area contributed by atoms with E-state index in [4.69, 9.17) is 4.74 Å². The monoisotopic (exact) mass is 327 g/mol. The lowest BCUT2D eigenvalue weighted by Crippen LogP contribution is -2.31. The second kappa shape index (κ2) is 5.76. The Labute approximate surface area is 143 Å². The number of hydrogen-bond acceptors (Lipinski definition) is 3. The van der Waals surface area contributed by atoms with E-state index in [1.54, 1.807) is 6.07 Å². The molecule has 2 aliphatic rings. The van der Waals surface area contributed by atoms with Crippen LogP contribution in [0.5, 0.6) is 0 Å². The van der Waals surface area contributed by atoms with E-state index in [-0.39, 0.29) is 23.2 Å². The van der Waals surface area contributed by atoms with E-state index in [2.05, 4.69) is 33.8 Å². The van der Waals surface area contributed by atoms with Crippen molar-refractivity contribution in [2.45, 2.75) is 34.1 Å². The van der Waals surface area contributed by atoms with Crippen LogP contribution >= 0.6 is 0 Å². The maximum Gasteiger partial charge on any atom is 0.337 e. The summed E-state index contributed by atoms with van der Waals surface area (Å²) in [5.74, 6) is 0.216. The number of carbonyl (C=O) groups is 2. The molecule has 0 N–H and O–H groups in total. The third-order valence-corrected chi connectivity index (χ3v) is 5.35. The molecular weight excluding hydrogens is 302 g/mol. The summed E-state index contributed by atoms with van der Waals surface area (Å²) in [5, 5.41) is 0. The average Bonchev–Trinajstić information content (AvgIpc) is 2.89. The molecule has 24 heavy (non-hydrogen) atoms. The number of rotatable bonds is 3. The van der Waals surface area contributed by atoms with Crippen LogP contribution in [0, 0.1) is 17.3 Å². The zero-order chi connectivity index (χ0) is 17.6. The van der Waals surface area contributed by atoms with Gasteiger partial charge in [-0.1, -0.05) is 25.5 Å². The van der Waals surface area contributed by atoms with Gasteiger partial charge in [0.2, 0.25) is 5.91 Å². The Morgan fingerprint density at radius 3 is 2.62 bits per heavy atom. The highest BCUT2D eigenvalue weighted by Crippen LogP contribution is 2.60. The number of ether oxygens (including phenoxy) is 1. The van der Waals surface area contributed by atoms with Crippen LogP contribution in [0.4, 0.5) is 5.69 Å². The fourth-order valence-electron chi connectivity index (χ4n) is 3.86. The molecule has 0 bridgehead atoms. The van der Waals surface area contributed by atoms with Crippen LogP contribution in [-0.4, -0.2) is 25.5 Å². The minimum Gasteiger partial charge on any atom is -0.465 e. The molecule has 1 aromatic carbocycles. The van der Waals surface area contributed by atoms with Gasteiger partial charge in [-0.05, 0) is 55.4 Å². The molecule has 0 aromatic heterocycles. The fraction of sp³-hybridized carbons (Fsp3) is 0.500. The quantitative estimate of drug-likeness (QED) is 0.629. The van der Waals surface area contributed by atoms with Crippen LogP contribution < -0.4 is 4.90 Å².